The monoisotopic (exact) mass is 1110 g/mol. The van der Waals surface area contributed by atoms with Crippen LogP contribution in [0.1, 0.15) is 88.3 Å². The molecule has 1 aliphatic heterocycles. The molecule has 0 bridgehead atoms. The molecule has 8 atom stereocenters. The third kappa shape index (κ3) is 21.0. The van der Waals surface area contributed by atoms with Crippen molar-refractivity contribution in [2.45, 2.75) is 139 Å². The zero-order chi connectivity index (χ0) is 59.1. The Hall–Kier alpha value is -8.61. The Kier molecular flexibility index (Phi) is 25.3. The van der Waals surface area contributed by atoms with Gasteiger partial charge in [-0.2, -0.15) is 0 Å². The van der Waals surface area contributed by atoms with Crippen molar-refractivity contribution < 1.29 is 53.1 Å². The van der Waals surface area contributed by atoms with E-state index in [0.29, 0.717) is 16.7 Å². The van der Waals surface area contributed by atoms with Crippen LogP contribution in [0, 0.1) is 5.92 Å². The number of nitrogens with two attached hydrogens (primary N) is 6. The van der Waals surface area contributed by atoms with Gasteiger partial charge in [-0.3, -0.25) is 52.9 Å². The second-order valence-electron chi connectivity index (χ2n) is 20.3. The van der Waals surface area contributed by atoms with E-state index in [0.717, 1.165) is 0 Å². The molecule has 3 aromatic rings. The molecule has 80 heavy (non-hydrogen) atoms. The van der Waals surface area contributed by atoms with Crippen LogP contribution in [0.4, 0.5) is 0 Å². The first kappa shape index (κ1) is 63.9. The van der Waals surface area contributed by atoms with E-state index in [4.69, 9.17) is 34.4 Å². The molecule has 0 unspecified atom stereocenters. The van der Waals surface area contributed by atoms with Crippen LogP contribution in [0.3, 0.4) is 0 Å². The number of amides is 10. The number of carbonyl (C=O) groups is 10. The van der Waals surface area contributed by atoms with E-state index in [-0.39, 0.29) is 101 Å². The smallest absolute Gasteiger partial charge is 0.245 e. The number of nitrogens with zero attached hydrogens (tertiary/aromatic N) is 3. The fraction of sp³-hybridized carbons (Fsp3) is 0.473. The Labute approximate surface area is 465 Å². The van der Waals surface area contributed by atoms with Crippen LogP contribution in [0.5, 0.6) is 5.75 Å². The number of phenols is 1. The summed E-state index contributed by atoms with van der Waals surface area (Å²) in [7, 11) is 1.39. The molecule has 0 saturated carbocycles. The van der Waals surface area contributed by atoms with Gasteiger partial charge in [-0.05, 0) is 86.1 Å². The average molecular weight is 1110 g/mol. The fourth-order valence-corrected chi connectivity index (χ4v) is 9.12. The van der Waals surface area contributed by atoms with Crippen LogP contribution in [0.25, 0.3) is 0 Å². The molecule has 10 amide bonds. The van der Waals surface area contributed by atoms with Crippen molar-refractivity contribution >= 4 is 65.0 Å². The van der Waals surface area contributed by atoms with Gasteiger partial charge >= 0.3 is 0 Å². The zero-order valence-corrected chi connectivity index (χ0v) is 45.5. The lowest BCUT2D eigenvalue weighted by Crippen LogP contribution is -2.60. The Balaban J connectivity index is 1.59. The molecule has 0 aromatic heterocycles. The maximum atomic E-state index is 14.7. The van der Waals surface area contributed by atoms with E-state index in [2.05, 4.69) is 31.6 Å². The van der Waals surface area contributed by atoms with Gasteiger partial charge in [-0.25, -0.2) is 0 Å². The predicted molar refractivity (Wildman–Crippen MR) is 296 cm³/mol. The topological polar surface area (TPSA) is 426 Å². The quantitative estimate of drug-likeness (QED) is 0.0185. The second-order valence-corrected chi connectivity index (χ2v) is 20.3. The summed E-state index contributed by atoms with van der Waals surface area (Å²) in [6.07, 6.45) is -0.731. The number of benzene rings is 3. The molecule has 0 aliphatic carbocycles. The standard InChI is InChI=1S/C55H78N14O11/c1-32(2)28-42(67-48(74)37(56)29-35-18-20-36(70)21-19-35)53(79)68(3)44(31-34-14-8-5-9-15-34)52(78)65-40(23-25-46(58)72)54(80)69-27-11-17-43(69)51(77)64-39(22-24-45(57)71)50(76)63-38(16-10-26-62-55(60)61)49(75)66-41(47(59)73)30-33-12-6-4-7-13-33/h4-9,12-15,18-21,32,37-44,70H,10-11,16-17,22-31,56H2,1-3H3,(H2,57,71)(H2,58,72)(H2,59,73)(H,63,76)(H,64,77)(H,65,78)(H,66,75)(H,67,74)(H4,60,61,62)/t37-,38-,39-,40-,41-,42-,43-,44-/m0/s1. The van der Waals surface area contributed by atoms with E-state index in [1.165, 1.54) is 29.0 Å². The van der Waals surface area contributed by atoms with E-state index in [1.54, 1.807) is 72.8 Å². The molecule has 4 rings (SSSR count). The first-order valence-electron chi connectivity index (χ1n) is 26.6. The number of guanidine groups is 1. The largest absolute Gasteiger partial charge is 0.508 e. The van der Waals surface area contributed by atoms with Crippen molar-refractivity contribution in [3.63, 3.8) is 0 Å². The molecule has 1 heterocycles. The number of hydrogen-bond acceptors (Lipinski definition) is 13. The lowest BCUT2D eigenvalue weighted by Gasteiger charge is -2.34. The highest BCUT2D eigenvalue weighted by atomic mass is 16.3. The molecule has 0 spiro atoms. The van der Waals surface area contributed by atoms with Gasteiger partial charge in [-0.1, -0.05) is 86.6 Å². The van der Waals surface area contributed by atoms with E-state index >= 15 is 0 Å². The predicted octanol–water partition coefficient (Wildman–Crippen LogP) is -1.89. The molecule has 0 radical (unpaired) electrons. The number of phenolic OH excluding ortho intramolecular Hbond substituents is 1. The van der Waals surface area contributed by atoms with Gasteiger partial charge in [0, 0.05) is 45.8 Å². The number of rotatable bonds is 32. The molecule has 18 N–H and O–H groups in total. The Morgan fingerprint density at radius 1 is 0.625 bits per heavy atom. The molecule has 1 aliphatic rings. The van der Waals surface area contributed by atoms with Crippen LogP contribution >= 0.6 is 0 Å². The highest BCUT2D eigenvalue weighted by molar-refractivity contribution is 5.98. The Morgan fingerprint density at radius 3 is 1.69 bits per heavy atom. The lowest BCUT2D eigenvalue weighted by atomic mass is 9.98. The summed E-state index contributed by atoms with van der Waals surface area (Å²) in [5.41, 5.74) is 36.0. The minimum Gasteiger partial charge on any atom is -0.508 e. The molecule has 1 fully saturated rings. The summed E-state index contributed by atoms with van der Waals surface area (Å²) < 4.78 is 0. The minimum absolute atomic E-state index is 0.00262. The van der Waals surface area contributed by atoms with E-state index < -0.39 is 114 Å². The van der Waals surface area contributed by atoms with Crippen molar-refractivity contribution in [1.82, 2.24) is 36.4 Å². The molecular formula is C55H78N14O11. The molecule has 1 saturated heterocycles. The van der Waals surface area contributed by atoms with Crippen molar-refractivity contribution in [2.24, 2.45) is 45.3 Å². The number of aliphatic imine (C=N–C) groups is 1. The lowest BCUT2D eigenvalue weighted by molar-refractivity contribution is -0.145. The number of hydrogen-bond donors (Lipinski definition) is 12. The van der Waals surface area contributed by atoms with Gasteiger partial charge in [0.15, 0.2) is 5.96 Å². The third-order valence-electron chi connectivity index (χ3n) is 13.4. The Morgan fingerprint density at radius 2 is 1.14 bits per heavy atom. The summed E-state index contributed by atoms with van der Waals surface area (Å²) in [5.74, 6) is -8.18. The van der Waals surface area contributed by atoms with Crippen molar-refractivity contribution in [3.8, 4) is 5.75 Å². The number of nitrogens with one attached hydrogen (secondary N) is 5. The number of carbonyl (C=O) groups excluding carboxylic acids is 10. The van der Waals surface area contributed by atoms with E-state index in [9.17, 15) is 53.1 Å². The summed E-state index contributed by atoms with van der Waals surface area (Å²) in [6, 6.07) is 13.3. The van der Waals surface area contributed by atoms with Gasteiger partial charge in [0.2, 0.25) is 59.1 Å². The molecular weight excluding hydrogens is 1030 g/mol. The Bertz CT molecular complexity index is 2640. The second kappa shape index (κ2) is 31.7. The molecule has 434 valence electrons. The van der Waals surface area contributed by atoms with Gasteiger partial charge in [0.05, 0.1) is 6.04 Å². The normalized spacial score (nSPS) is 15.6. The third-order valence-corrected chi connectivity index (χ3v) is 13.4. The highest BCUT2D eigenvalue weighted by Crippen LogP contribution is 2.22. The van der Waals surface area contributed by atoms with Crippen molar-refractivity contribution in [2.75, 3.05) is 20.1 Å². The minimum atomic E-state index is -1.51. The maximum Gasteiger partial charge on any atom is 0.245 e. The van der Waals surface area contributed by atoms with Crippen LogP contribution in [0.15, 0.2) is 89.9 Å². The van der Waals surface area contributed by atoms with Crippen LogP contribution < -0.4 is 61.0 Å². The molecule has 25 heteroatoms. The van der Waals surface area contributed by atoms with Gasteiger partial charge in [-0.15, -0.1) is 0 Å². The number of likely N-dealkylation sites (tertiary alicyclic amines) is 1. The van der Waals surface area contributed by atoms with Gasteiger partial charge in [0.1, 0.15) is 48.0 Å². The number of primary amides is 3. The number of likely N-dealkylation sites (N-methyl/N-ethyl adjacent to an activating group) is 1. The zero-order valence-electron chi connectivity index (χ0n) is 45.5. The summed E-state index contributed by atoms with van der Waals surface area (Å²) in [4.78, 5) is 143. The highest BCUT2D eigenvalue weighted by Gasteiger charge is 2.41. The summed E-state index contributed by atoms with van der Waals surface area (Å²) in [6.45, 7) is 3.75. The van der Waals surface area contributed by atoms with Gasteiger partial charge < -0.3 is 75.9 Å². The van der Waals surface area contributed by atoms with Crippen LogP contribution in [0.2, 0.25) is 0 Å². The first-order chi connectivity index (χ1) is 37.9. The van der Waals surface area contributed by atoms with Gasteiger partial charge in [0.25, 0.3) is 0 Å². The van der Waals surface area contributed by atoms with Crippen molar-refractivity contribution in [3.05, 3.63) is 102 Å². The molecule has 3 aromatic carbocycles. The van der Waals surface area contributed by atoms with Crippen molar-refractivity contribution in [1.29, 1.82) is 0 Å². The number of aromatic hydroxyl groups is 1. The first-order valence-corrected chi connectivity index (χ1v) is 26.6. The average Bonchev–Trinajstić information content (AvgIpc) is 3.93. The van der Waals surface area contributed by atoms with Crippen LogP contribution in [-0.4, -0.2) is 148 Å². The SMILES string of the molecule is CC(C)C[C@H](NC(=O)[C@@H](N)Cc1ccc(O)cc1)C(=O)N(C)[C@@H](Cc1ccccc1)C(=O)N[C@@H](CCC(N)=O)C(=O)N1CCC[C@H]1C(=O)N[C@@H](CCC(N)=O)C(=O)N[C@@H](CCCN=C(N)N)C(=O)N[C@@H](Cc1ccccc1)C(N)=O. The van der Waals surface area contributed by atoms with E-state index in [1.807, 2.05) is 13.8 Å². The summed E-state index contributed by atoms with van der Waals surface area (Å²) >= 11 is 0. The maximum absolute atomic E-state index is 14.7. The fourth-order valence-electron chi connectivity index (χ4n) is 9.12. The summed E-state index contributed by atoms with van der Waals surface area (Å²) in [5, 5.41) is 23.0. The van der Waals surface area contributed by atoms with Crippen LogP contribution in [-0.2, 0) is 67.2 Å². The molecule has 25 nitrogen and oxygen atoms in total.